The summed E-state index contributed by atoms with van der Waals surface area (Å²) in [6.07, 6.45) is -1.21. The van der Waals surface area contributed by atoms with E-state index in [2.05, 4.69) is 20.1 Å². The van der Waals surface area contributed by atoms with Gasteiger partial charge in [-0.05, 0) is 32.9 Å². The van der Waals surface area contributed by atoms with Crippen LogP contribution in [0.4, 0.5) is 0 Å². The summed E-state index contributed by atoms with van der Waals surface area (Å²) in [5.41, 5.74) is -2.22. The van der Waals surface area contributed by atoms with Gasteiger partial charge in [0.25, 0.3) is 0 Å². The Balaban J connectivity index is 3.32. The average Bonchev–Trinajstić information content (AvgIpc) is 2.64. The van der Waals surface area contributed by atoms with E-state index in [0.29, 0.717) is 0 Å². The highest BCUT2D eigenvalue weighted by Gasteiger charge is 2.30. The van der Waals surface area contributed by atoms with E-state index >= 15 is 0 Å². The quantitative estimate of drug-likeness (QED) is 0.345. The molecular weight excluding hydrogens is 400 g/mol. The second-order valence-corrected chi connectivity index (χ2v) is 6.05. The largest absolute Gasteiger partial charge is 0.478 e. The smallest absolute Gasteiger partial charge is 0.342 e. The molecule has 1 aromatic carbocycles. The summed E-state index contributed by atoms with van der Waals surface area (Å²) in [7, 11) is 0. The summed E-state index contributed by atoms with van der Waals surface area (Å²) in [6, 6.07) is 1.77. The van der Waals surface area contributed by atoms with E-state index < -0.39 is 65.0 Å². The van der Waals surface area contributed by atoms with Crippen molar-refractivity contribution >= 4 is 29.8 Å². The number of rotatable bonds is 9. The van der Waals surface area contributed by atoms with Crippen molar-refractivity contribution in [3.05, 3.63) is 60.1 Å². The lowest BCUT2D eigenvalue weighted by Crippen LogP contribution is -2.24. The molecule has 0 saturated carbocycles. The van der Waals surface area contributed by atoms with E-state index in [-0.39, 0.29) is 11.1 Å². The molecule has 159 valence electrons. The van der Waals surface area contributed by atoms with Crippen molar-refractivity contribution in [2.75, 3.05) is 6.61 Å². The number of aromatic carboxylic acids is 2. The minimum Gasteiger partial charge on any atom is -0.478 e. The van der Waals surface area contributed by atoms with Gasteiger partial charge < -0.3 is 24.4 Å². The van der Waals surface area contributed by atoms with Gasteiger partial charge in [0.1, 0.15) is 23.8 Å². The van der Waals surface area contributed by atoms with E-state index in [1.807, 2.05) is 0 Å². The van der Waals surface area contributed by atoms with Gasteiger partial charge in [0, 0.05) is 11.1 Å². The third kappa shape index (κ3) is 6.03. The average molecular weight is 419 g/mol. The third-order valence-corrected chi connectivity index (χ3v) is 3.39. The molecule has 1 radical (unpaired) electrons. The summed E-state index contributed by atoms with van der Waals surface area (Å²) in [5.74, 6) is -7.22. The lowest BCUT2D eigenvalue weighted by atomic mass is 10.0. The topological polar surface area (TPSA) is 154 Å². The zero-order chi connectivity index (χ0) is 23.2. The maximum Gasteiger partial charge on any atom is 0.342 e. The van der Waals surface area contributed by atoms with Crippen LogP contribution in [-0.2, 0) is 19.1 Å². The highest BCUT2D eigenvalue weighted by Crippen LogP contribution is 2.30. The Hall–Kier alpha value is -3.95. The number of carbonyl (C=O) groups is 5. The van der Waals surface area contributed by atoms with Crippen LogP contribution in [0.1, 0.15) is 44.9 Å². The summed E-state index contributed by atoms with van der Waals surface area (Å²) in [6.45, 7) is 12.4. The zero-order valence-electron chi connectivity index (χ0n) is 16.2. The van der Waals surface area contributed by atoms with Crippen LogP contribution >= 0.6 is 0 Å². The Labute approximate surface area is 171 Å². The third-order valence-electron chi connectivity index (χ3n) is 3.39. The van der Waals surface area contributed by atoms with Gasteiger partial charge in [-0.3, -0.25) is 0 Å². The Morgan fingerprint density at radius 3 is 1.93 bits per heavy atom. The number of benzene rings is 1. The van der Waals surface area contributed by atoms with Crippen LogP contribution in [0, 0.1) is 6.92 Å². The Morgan fingerprint density at radius 2 is 1.47 bits per heavy atom. The number of hydrogen-bond acceptors (Lipinski definition) is 8. The molecule has 0 aromatic heterocycles. The SMILES string of the molecule is [CH2]C(COC(=O)C(=C)C)OC(=O)c1ccc(C(=O)O)c(C(=O)O)c1OC(=O)C(=C)C. The van der Waals surface area contributed by atoms with Crippen LogP contribution in [0.5, 0.6) is 5.75 Å². The van der Waals surface area contributed by atoms with Crippen LogP contribution < -0.4 is 4.74 Å². The first kappa shape index (κ1) is 24.1. The number of esters is 3. The van der Waals surface area contributed by atoms with Gasteiger partial charge in [0.15, 0.2) is 5.75 Å². The molecule has 10 nitrogen and oxygen atoms in total. The molecule has 30 heavy (non-hydrogen) atoms. The van der Waals surface area contributed by atoms with E-state index in [1.165, 1.54) is 13.8 Å². The second kappa shape index (κ2) is 10.0. The minimum atomic E-state index is -1.76. The van der Waals surface area contributed by atoms with E-state index in [4.69, 9.17) is 14.2 Å². The molecule has 1 aromatic rings. The number of carboxylic acid groups (broad SMARTS) is 2. The highest BCUT2D eigenvalue weighted by atomic mass is 16.6. The molecule has 0 saturated heterocycles. The molecule has 0 spiro atoms. The predicted molar refractivity (Wildman–Crippen MR) is 101 cm³/mol. The van der Waals surface area contributed by atoms with E-state index in [0.717, 1.165) is 12.1 Å². The van der Waals surface area contributed by atoms with Gasteiger partial charge >= 0.3 is 29.8 Å². The van der Waals surface area contributed by atoms with Crippen LogP contribution in [-0.4, -0.2) is 52.8 Å². The van der Waals surface area contributed by atoms with E-state index in [9.17, 15) is 34.2 Å². The summed E-state index contributed by atoms with van der Waals surface area (Å²) < 4.78 is 14.7. The maximum atomic E-state index is 12.5. The number of carbonyl (C=O) groups excluding carboxylic acids is 3. The van der Waals surface area contributed by atoms with E-state index in [1.54, 1.807) is 0 Å². The standard InChI is InChI=1S/C20H19O10/c1-9(2)18(25)28-8-11(5)29-20(27)13-7-6-12(16(21)22)14(17(23)24)15(13)30-19(26)10(3)4/h6-7,11H,1,3,5,8H2,2,4H3,(H,21,22)(H,23,24). The van der Waals surface area contributed by atoms with Gasteiger partial charge in [-0.1, -0.05) is 13.2 Å². The molecule has 1 rings (SSSR count). The van der Waals surface area contributed by atoms with Crippen LogP contribution in [0.25, 0.3) is 0 Å². The fourth-order valence-electron chi connectivity index (χ4n) is 1.96. The molecule has 0 amide bonds. The fourth-order valence-corrected chi connectivity index (χ4v) is 1.96. The highest BCUT2D eigenvalue weighted by molar-refractivity contribution is 6.08. The summed E-state index contributed by atoms with van der Waals surface area (Å²) in [5, 5.41) is 18.6. The normalized spacial score (nSPS) is 11.0. The molecule has 0 aliphatic rings. The van der Waals surface area contributed by atoms with Gasteiger partial charge in [0.2, 0.25) is 0 Å². The molecular formula is C20H19O10. The van der Waals surface area contributed by atoms with Gasteiger partial charge in [0.05, 0.1) is 5.56 Å². The Morgan fingerprint density at radius 1 is 0.933 bits per heavy atom. The number of ether oxygens (including phenoxy) is 3. The molecule has 0 bridgehead atoms. The zero-order valence-corrected chi connectivity index (χ0v) is 16.2. The number of carboxylic acids is 2. The van der Waals surface area contributed by atoms with Crippen molar-refractivity contribution < 1.29 is 48.4 Å². The van der Waals surface area contributed by atoms with Crippen molar-refractivity contribution in [2.24, 2.45) is 0 Å². The minimum absolute atomic E-state index is 0.109. The fraction of sp³-hybridized carbons (Fsp3) is 0.200. The lowest BCUT2D eigenvalue weighted by molar-refractivity contribution is -0.141. The monoisotopic (exact) mass is 419 g/mol. The van der Waals surface area contributed by atoms with Crippen molar-refractivity contribution in [3.8, 4) is 5.75 Å². The molecule has 0 aliphatic carbocycles. The molecule has 1 atom stereocenters. The first-order chi connectivity index (χ1) is 13.9. The Kier molecular flexibility index (Phi) is 8.04. The van der Waals surface area contributed by atoms with Gasteiger partial charge in [-0.2, -0.15) is 0 Å². The summed E-state index contributed by atoms with van der Waals surface area (Å²) in [4.78, 5) is 58.8. The lowest BCUT2D eigenvalue weighted by Gasteiger charge is -2.17. The molecule has 2 N–H and O–H groups in total. The van der Waals surface area contributed by atoms with Crippen molar-refractivity contribution in [3.63, 3.8) is 0 Å². The predicted octanol–water partition coefficient (Wildman–Crippen LogP) is 2.04. The van der Waals surface area contributed by atoms with Crippen molar-refractivity contribution in [1.82, 2.24) is 0 Å². The van der Waals surface area contributed by atoms with Crippen LogP contribution in [0.2, 0.25) is 0 Å². The molecule has 10 heteroatoms. The first-order valence-electron chi connectivity index (χ1n) is 8.24. The van der Waals surface area contributed by atoms with Crippen LogP contribution in [0.15, 0.2) is 36.4 Å². The molecule has 1 unspecified atom stereocenters. The molecule has 0 aliphatic heterocycles. The van der Waals surface area contributed by atoms with Crippen molar-refractivity contribution in [2.45, 2.75) is 20.0 Å². The molecule has 0 heterocycles. The van der Waals surface area contributed by atoms with Crippen LogP contribution in [0.3, 0.4) is 0 Å². The van der Waals surface area contributed by atoms with Gasteiger partial charge in [-0.15, -0.1) is 0 Å². The number of hydrogen-bond donors (Lipinski definition) is 2. The van der Waals surface area contributed by atoms with Gasteiger partial charge in [-0.25, -0.2) is 24.0 Å². The Bertz CT molecular complexity index is 941. The van der Waals surface area contributed by atoms with Crippen molar-refractivity contribution in [1.29, 1.82) is 0 Å². The second-order valence-electron chi connectivity index (χ2n) is 6.05. The molecule has 0 fully saturated rings. The summed E-state index contributed by atoms with van der Waals surface area (Å²) >= 11 is 0. The first-order valence-corrected chi connectivity index (χ1v) is 8.24. The maximum absolute atomic E-state index is 12.5.